The molecule has 0 aliphatic heterocycles. The largest absolute Gasteiger partial charge is 0.345 e. The molecule has 0 atom stereocenters. The van der Waals surface area contributed by atoms with Crippen LogP contribution in [0.5, 0.6) is 0 Å². The quantitative estimate of drug-likeness (QED) is 0.715. The Kier molecular flexibility index (Phi) is 6.12. The average molecular weight is 358 g/mol. The fraction of sp³-hybridized carbons (Fsp3) is 0.211. The Bertz CT molecular complexity index is 829. The topological polar surface area (TPSA) is 57.7 Å². The molecule has 0 heterocycles. The molecule has 0 bridgehead atoms. The predicted molar refractivity (Wildman–Crippen MR) is 98.7 cm³/mol. The smallest absolute Gasteiger partial charge is 0.253 e. The Hall–Kier alpha value is -2.44. The number of benzene rings is 2. The van der Waals surface area contributed by atoms with Crippen LogP contribution in [0.2, 0.25) is 0 Å². The van der Waals surface area contributed by atoms with Gasteiger partial charge in [0.05, 0.1) is 4.90 Å². The Morgan fingerprint density at radius 2 is 1.64 bits per heavy atom. The zero-order valence-electron chi connectivity index (χ0n) is 14.4. The maximum absolute atomic E-state index is 12.8. The van der Waals surface area contributed by atoms with Crippen molar-refractivity contribution in [1.29, 1.82) is 0 Å². The minimum Gasteiger partial charge on any atom is -0.345 e. The molecule has 6 heteroatoms. The molecule has 2 rings (SSSR count). The molecular formula is C19H22N2O3S. The second-order valence-electron chi connectivity index (χ2n) is 5.80. The summed E-state index contributed by atoms with van der Waals surface area (Å²) < 4.78 is 27.0. The van der Waals surface area contributed by atoms with Gasteiger partial charge in [-0.2, -0.15) is 4.31 Å². The first-order valence-electron chi connectivity index (χ1n) is 7.83. The van der Waals surface area contributed by atoms with Crippen LogP contribution in [0.4, 0.5) is 0 Å². The molecule has 0 N–H and O–H groups in total. The highest BCUT2D eigenvalue weighted by Crippen LogP contribution is 2.18. The lowest BCUT2D eigenvalue weighted by molar-refractivity contribution is 0.0827. The van der Waals surface area contributed by atoms with E-state index in [0.717, 1.165) is 5.56 Å². The van der Waals surface area contributed by atoms with E-state index in [1.165, 1.54) is 9.21 Å². The molecular weight excluding hydrogens is 336 g/mol. The molecule has 25 heavy (non-hydrogen) atoms. The van der Waals surface area contributed by atoms with Crippen molar-refractivity contribution < 1.29 is 13.2 Å². The van der Waals surface area contributed by atoms with Gasteiger partial charge < -0.3 is 4.90 Å². The third-order valence-corrected chi connectivity index (χ3v) is 5.51. The molecule has 0 aliphatic carbocycles. The van der Waals surface area contributed by atoms with Crippen molar-refractivity contribution in [2.45, 2.75) is 11.4 Å². The first-order chi connectivity index (χ1) is 11.9. The van der Waals surface area contributed by atoms with E-state index < -0.39 is 10.0 Å². The van der Waals surface area contributed by atoms with Crippen LogP contribution in [-0.2, 0) is 16.6 Å². The van der Waals surface area contributed by atoms with Gasteiger partial charge in [-0.25, -0.2) is 8.42 Å². The molecule has 0 fully saturated rings. The number of carbonyl (C=O) groups excluding carboxylic acids is 1. The highest BCUT2D eigenvalue weighted by atomic mass is 32.2. The van der Waals surface area contributed by atoms with E-state index in [9.17, 15) is 13.2 Å². The summed E-state index contributed by atoms with van der Waals surface area (Å²) in [6.45, 7) is 4.06. The Morgan fingerprint density at radius 3 is 2.16 bits per heavy atom. The van der Waals surface area contributed by atoms with E-state index in [0.29, 0.717) is 5.56 Å². The normalized spacial score (nSPS) is 11.3. The second-order valence-corrected chi connectivity index (χ2v) is 7.73. The van der Waals surface area contributed by atoms with Gasteiger partial charge in [0.15, 0.2) is 0 Å². The van der Waals surface area contributed by atoms with Crippen molar-refractivity contribution in [3.63, 3.8) is 0 Å². The maximum atomic E-state index is 12.8. The molecule has 132 valence electrons. The second kappa shape index (κ2) is 8.09. The lowest BCUT2D eigenvalue weighted by atomic mass is 10.1. The Morgan fingerprint density at radius 1 is 1.04 bits per heavy atom. The molecule has 0 saturated heterocycles. The van der Waals surface area contributed by atoms with Gasteiger partial charge in [0.1, 0.15) is 0 Å². The Balaban J connectivity index is 2.25. The summed E-state index contributed by atoms with van der Waals surface area (Å²) in [4.78, 5) is 13.7. The van der Waals surface area contributed by atoms with Crippen molar-refractivity contribution in [3.8, 4) is 0 Å². The summed E-state index contributed by atoms with van der Waals surface area (Å²) in [5.41, 5.74) is 1.37. The minimum absolute atomic E-state index is 0.0913. The van der Waals surface area contributed by atoms with E-state index in [4.69, 9.17) is 0 Å². The number of hydrogen-bond acceptors (Lipinski definition) is 3. The van der Waals surface area contributed by atoms with Crippen LogP contribution in [0, 0.1) is 0 Å². The van der Waals surface area contributed by atoms with Crippen molar-refractivity contribution in [2.24, 2.45) is 0 Å². The molecule has 1 amide bonds. The number of carbonyl (C=O) groups is 1. The number of hydrogen-bond donors (Lipinski definition) is 0. The number of rotatable bonds is 7. The third-order valence-electron chi connectivity index (χ3n) is 3.68. The van der Waals surface area contributed by atoms with Gasteiger partial charge in [-0.3, -0.25) is 4.79 Å². The number of sulfonamides is 1. The van der Waals surface area contributed by atoms with Crippen molar-refractivity contribution in [3.05, 3.63) is 78.4 Å². The summed E-state index contributed by atoms with van der Waals surface area (Å²) in [7, 11) is -0.236. The zero-order valence-corrected chi connectivity index (χ0v) is 15.2. The van der Waals surface area contributed by atoms with Gasteiger partial charge >= 0.3 is 0 Å². The summed E-state index contributed by atoms with van der Waals surface area (Å²) in [6, 6.07) is 15.3. The summed E-state index contributed by atoms with van der Waals surface area (Å²) in [6.07, 6.45) is 1.56. The lowest BCUT2D eigenvalue weighted by Crippen LogP contribution is -2.30. The van der Waals surface area contributed by atoms with Gasteiger partial charge in [0.25, 0.3) is 5.91 Å². The van der Waals surface area contributed by atoms with Gasteiger partial charge in [-0.1, -0.05) is 36.4 Å². The lowest BCUT2D eigenvalue weighted by Gasteiger charge is -2.21. The highest BCUT2D eigenvalue weighted by molar-refractivity contribution is 7.89. The third kappa shape index (κ3) is 4.55. The summed E-state index contributed by atoms with van der Waals surface area (Å²) >= 11 is 0. The zero-order chi connectivity index (χ0) is 18.4. The van der Waals surface area contributed by atoms with Crippen molar-refractivity contribution in [2.75, 3.05) is 20.6 Å². The van der Waals surface area contributed by atoms with Crippen LogP contribution >= 0.6 is 0 Å². The van der Waals surface area contributed by atoms with E-state index in [1.807, 2.05) is 0 Å². The fourth-order valence-corrected chi connectivity index (χ4v) is 3.77. The maximum Gasteiger partial charge on any atom is 0.253 e. The molecule has 0 radical (unpaired) electrons. The van der Waals surface area contributed by atoms with Crippen LogP contribution < -0.4 is 0 Å². The number of amides is 1. The van der Waals surface area contributed by atoms with E-state index >= 15 is 0 Å². The van der Waals surface area contributed by atoms with E-state index in [2.05, 4.69) is 6.58 Å². The summed E-state index contributed by atoms with van der Waals surface area (Å²) in [5.74, 6) is -0.0913. The fourth-order valence-electron chi connectivity index (χ4n) is 2.35. The van der Waals surface area contributed by atoms with Gasteiger partial charge in [0.2, 0.25) is 10.0 Å². The summed E-state index contributed by atoms with van der Waals surface area (Å²) in [5, 5.41) is 0. The highest BCUT2D eigenvalue weighted by Gasteiger charge is 2.23. The van der Waals surface area contributed by atoms with Crippen LogP contribution in [0.15, 0.2) is 72.1 Å². The molecule has 2 aromatic rings. The predicted octanol–water partition coefficient (Wildman–Crippen LogP) is 2.77. The van der Waals surface area contributed by atoms with E-state index in [-0.39, 0.29) is 23.9 Å². The standard InChI is InChI=1S/C19H22N2O3S/c1-4-14-21(25(23,24)18-8-6-5-7-9-18)15-16-10-12-17(13-11-16)19(22)20(2)3/h4-13H,1,14-15H2,2-3H3. The molecule has 0 unspecified atom stereocenters. The van der Waals surface area contributed by atoms with Crippen molar-refractivity contribution in [1.82, 2.24) is 9.21 Å². The molecule has 0 aliphatic rings. The van der Waals surface area contributed by atoms with E-state index in [1.54, 1.807) is 74.8 Å². The molecule has 0 saturated carbocycles. The average Bonchev–Trinajstić information content (AvgIpc) is 2.62. The number of nitrogens with zero attached hydrogens (tertiary/aromatic N) is 2. The SMILES string of the molecule is C=CCN(Cc1ccc(C(=O)N(C)C)cc1)S(=O)(=O)c1ccccc1. The minimum atomic E-state index is -3.61. The van der Waals surface area contributed by atoms with Gasteiger partial charge in [-0.15, -0.1) is 6.58 Å². The van der Waals surface area contributed by atoms with Gasteiger partial charge in [-0.05, 0) is 29.8 Å². The first kappa shape index (κ1) is 18.9. The Labute approximate surface area is 149 Å². The molecule has 0 aromatic heterocycles. The van der Waals surface area contributed by atoms with Crippen LogP contribution in [0.3, 0.4) is 0 Å². The van der Waals surface area contributed by atoms with Crippen LogP contribution in [0.1, 0.15) is 15.9 Å². The first-order valence-corrected chi connectivity index (χ1v) is 9.27. The van der Waals surface area contributed by atoms with Crippen LogP contribution in [0.25, 0.3) is 0 Å². The molecule has 5 nitrogen and oxygen atoms in total. The van der Waals surface area contributed by atoms with Crippen LogP contribution in [-0.4, -0.2) is 44.2 Å². The molecule has 0 spiro atoms. The van der Waals surface area contributed by atoms with Gasteiger partial charge in [0, 0.05) is 32.7 Å². The molecule has 2 aromatic carbocycles. The monoisotopic (exact) mass is 358 g/mol. The van der Waals surface area contributed by atoms with Crippen molar-refractivity contribution >= 4 is 15.9 Å².